The summed E-state index contributed by atoms with van der Waals surface area (Å²) in [6.07, 6.45) is 0.643. The van der Waals surface area contributed by atoms with Crippen LogP contribution in [-0.2, 0) is 6.54 Å². The maximum Gasteiger partial charge on any atom is 0.406 e. The molecule has 6 N–H and O–H groups in total. The van der Waals surface area contributed by atoms with Crippen LogP contribution in [0, 0.1) is 11.8 Å². The number of halogens is 3. The first-order valence-electron chi connectivity index (χ1n) is 14.5. The van der Waals surface area contributed by atoms with Crippen molar-refractivity contribution in [3.8, 4) is 17.6 Å². The number of alkyl halides is 3. The average Bonchev–Trinajstić information content (AvgIpc) is 3.36. The first kappa shape index (κ1) is 33.6. The molecule has 0 spiro atoms. The molecule has 1 aliphatic rings. The third-order valence-corrected chi connectivity index (χ3v) is 8.66. The number of benzene rings is 2. The lowest BCUT2D eigenvalue weighted by molar-refractivity contribution is -0.140. The van der Waals surface area contributed by atoms with E-state index in [9.17, 15) is 23.4 Å². The molecule has 0 aliphatic heterocycles. The third kappa shape index (κ3) is 8.02. The van der Waals surface area contributed by atoms with Crippen LogP contribution in [0.25, 0.3) is 10.9 Å². The smallest absolute Gasteiger partial charge is 0.406 e. The highest BCUT2D eigenvalue weighted by molar-refractivity contribution is 7.97. The lowest BCUT2D eigenvalue weighted by Gasteiger charge is -2.46. The number of β-amino-alcohol motifs (C(OH)–C–C–N with tert-alkyl or cyclic N) is 2. The number of nitrogens with one attached hydrogen (secondary N) is 2. The van der Waals surface area contributed by atoms with Crippen molar-refractivity contribution in [2.75, 3.05) is 50.6 Å². The highest BCUT2D eigenvalue weighted by Crippen LogP contribution is 2.37. The summed E-state index contributed by atoms with van der Waals surface area (Å²) in [5.41, 5.74) is 1.86. The Morgan fingerprint density at radius 1 is 1.16 bits per heavy atom. The van der Waals surface area contributed by atoms with Crippen molar-refractivity contribution < 1.29 is 28.1 Å². The Morgan fingerprint density at radius 2 is 1.89 bits per heavy atom. The molecule has 3 aromatic rings. The number of aliphatic hydroxyl groups is 2. The van der Waals surface area contributed by atoms with E-state index in [-0.39, 0.29) is 37.0 Å². The van der Waals surface area contributed by atoms with Gasteiger partial charge in [0, 0.05) is 40.6 Å². The second-order valence-electron chi connectivity index (χ2n) is 10.8. The molecular formula is C32H40F3N5O3S. The molecular weight excluding hydrogens is 591 g/mol. The van der Waals surface area contributed by atoms with Gasteiger partial charge in [0.15, 0.2) is 0 Å². The fourth-order valence-electron chi connectivity index (χ4n) is 5.96. The van der Waals surface area contributed by atoms with Crippen LogP contribution < -0.4 is 20.5 Å². The fraction of sp³-hybridized carbons (Fsp3) is 0.438. The maximum atomic E-state index is 13.7. The standard InChI is InChI=1S/C32H40F3N5O3S/c1-3-31(39(16-18-41)17-19-42)13-11-23(12-14-31)38-27-7-4-8-29-26(27)20-24(40(29)22-32(33,34)35)6-5-15-37-28-10-9-25(44-36)21-30(28)43-2/h3-4,7-10,20-21,23,37-38,41-42H,1,11-19,22,36H2,2H3/t23-,31+. The molecule has 1 aromatic heterocycles. The van der Waals surface area contributed by atoms with E-state index in [2.05, 4.69) is 34.0 Å². The molecule has 2 aromatic carbocycles. The van der Waals surface area contributed by atoms with E-state index in [0.717, 1.165) is 48.2 Å². The molecule has 0 bridgehead atoms. The summed E-state index contributed by atoms with van der Waals surface area (Å²) < 4.78 is 47.6. The molecule has 8 nitrogen and oxygen atoms in total. The number of nitrogens with zero attached hydrogens (tertiary/aromatic N) is 2. The van der Waals surface area contributed by atoms with Gasteiger partial charge < -0.3 is 30.2 Å². The molecule has 0 unspecified atom stereocenters. The normalized spacial score (nSPS) is 18.6. The predicted molar refractivity (Wildman–Crippen MR) is 171 cm³/mol. The molecule has 0 saturated heterocycles. The van der Waals surface area contributed by atoms with Crippen molar-refractivity contribution in [1.82, 2.24) is 9.47 Å². The van der Waals surface area contributed by atoms with Crippen molar-refractivity contribution in [2.24, 2.45) is 5.14 Å². The summed E-state index contributed by atoms with van der Waals surface area (Å²) in [6, 6.07) is 12.6. The Labute approximate surface area is 260 Å². The highest BCUT2D eigenvalue weighted by Gasteiger charge is 2.37. The van der Waals surface area contributed by atoms with Crippen LogP contribution >= 0.6 is 11.9 Å². The zero-order chi connectivity index (χ0) is 31.7. The van der Waals surface area contributed by atoms with Crippen molar-refractivity contribution >= 4 is 34.2 Å². The summed E-state index contributed by atoms with van der Waals surface area (Å²) in [7, 11) is 1.55. The van der Waals surface area contributed by atoms with Gasteiger partial charge in [0.1, 0.15) is 12.3 Å². The van der Waals surface area contributed by atoms with Crippen LogP contribution in [0.4, 0.5) is 24.5 Å². The molecule has 1 saturated carbocycles. The summed E-state index contributed by atoms with van der Waals surface area (Å²) in [4.78, 5) is 2.91. The Bertz CT molecular complexity index is 1470. The van der Waals surface area contributed by atoms with Gasteiger partial charge in [0.2, 0.25) is 0 Å². The van der Waals surface area contributed by atoms with Crippen LogP contribution in [0.2, 0.25) is 0 Å². The van der Waals surface area contributed by atoms with E-state index in [1.54, 1.807) is 31.4 Å². The number of hydrogen-bond acceptors (Lipinski definition) is 8. The number of ether oxygens (including phenoxy) is 1. The number of aliphatic hydroxyl groups excluding tert-OH is 2. The molecule has 12 heteroatoms. The number of hydrogen-bond donors (Lipinski definition) is 5. The average molecular weight is 632 g/mol. The molecule has 0 atom stereocenters. The van der Waals surface area contributed by atoms with Gasteiger partial charge in [-0.25, -0.2) is 0 Å². The number of methoxy groups -OCH3 is 1. The van der Waals surface area contributed by atoms with Gasteiger partial charge in [-0.05, 0) is 79.9 Å². The lowest BCUT2D eigenvalue weighted by atomic mass is 9.78. The maximum absolute atomic E-state index is 13.7. The van der Waals surface area contributed by atoms with E-state index in [1.807, 2.05) is 24.3 Å². The van der Waals surface area contributed by atoms with E-state index >= 15 is 0 Å². The Balaban J connectivity index is 1.55. The Hall–Kier alpha value is -3.34. The van der Waals surface area contributed by atoms with Gasteiger partial charge in [-0.2, -0.15) is 13.2 Å². The summed E-state index contributed by atoms with van der Waals surface area (Å²) in [6.45, 7) is 3.97. The van der Waals surface area contributed by atoms with Gasteiger partial charge in [-0.15, -0.1) is 6.58 Å². The third-order valence-electron chi connectivity index (χ3n) is 8.14. The summed E-state index contributed by atoms with van der Waals surface area (Å²) in [5.74, 6) is 6.49. The first-order valence-corrected chi connectivity index (χ1v) is 15.4. The predicted octanol–water partition coefficient (Wildman–Crippen LogP) is 5.21. The number of rotatable bonds is 13. The van der Waals surface area contributed by atoms with Gasteiger partial charge in [0.25, 0.3) is 0 Å². The van der Waals surface area contributed by atoms with Gasteiger partial charge >= 0.3 is 6.18 Å². The number of aromatic nitrogens is 1. The van der Waals surface area contributed by atoms with E-state index in [4.69, 9.17) is 9.88 Å². The summed E-state index contributed by atoms with van der Waals surface area (Å²) in [5, 5.41) is 32.1. The minimum atomic E-state index is -4.42. The zero-order valence-electron chi connectivity index (χ0n) is 24.8. The van der Waals surface area contributed by atoms with Crippen LogP contribution in [0.3, 0.4) is 0 Å². The molecule has 0 amide bonds. The zero-order valence-corrected chi connectivity index (χ0v) is 25.6. The quantitative estimate of drug-likeness (QED) is 0.0995. The summed E-state index contributed by atoms with van der Waals surface area (Å²) >= 11 is 1.10. The molecule has 238 valence electrons. The minimum absolute atomic E-state index is 0.00914. The van der Waals surface area contributed by atoms with Crippen molar-refractivity contribution in [1.29, 1.82) is 0 Å². The number of fused-ring (bicyclic) bond motifs is 1. The van der Waals surface area contributed by atoms with E-state index < -0.39 is 12.7 Å². The number of anilines is 2. The molecule has 1 heterocycles. The SMILES string of the molecule is C=C[C@]1(N(CCO)CCO)CC[C@@H](Nc2cccc3c2cc(C#CCNc2ccc(SN)cc2OC)n3CC(F)(F)F)CC1. The monoisotopic (exact) mass is 631 g/mol. The van der Waals surface area contributed by atoms with Gasteiger partial charge in [0.05, 0.1) is 43.8 Å². The van der Waals surface area contributed by atoms with Crippen LogP contribution in [-0.4, -0.2) is 77.4 Å². The van der Waals surface area contributed by atoms with Crippen LogP contribution in [0.15, 0.2) is 60.0 Å². The Morgan fingerprint density at radius 3 is 2.50 bits per heavy atom. The van der Waals surface area contributed by atoms with E-state index in [1.165, 1.54) is 4.57 Å². The number of nitrogens with two attached hydrogens (primary N) is 1. The van der Waals surface area contributed by atoms with Crippen LogP contribution in [0.5, 0.6) is 5.75 Å². The van der Waals surface area contributed by atoms with Gasteiger partial charge in [-0.3, -0.25) is 10.0 Å². The molecule has 0 radical (unpaired) electrons. The van der Waals surface area contributed by atoms with E-state index in [0.29, 0.717) is 35.4 Å². The highest BCUT2D eigenvalue weighted by atomic mass is 32.2. The molecule has 1 fully saturated rings. The molecule has 1 aliphatic carbocycles. The Kier molecular flexibility index (Phi) is 11.5. The van der Waals surface area contributed by atoms with Crippen molar-refractivity contribution in [3.63, 3.8) is 0 Å². The second kappa shape index (κ2) is 15.1. The lowest BCUT2D eigenvalue weighted by Crippen LogP contribution is -2.52. The minimum Gasteiger partial charge on any atom is -0.495 e. The van der Waals surface area contributed by atoms with Crippen LogP contribution in [0.1, 0.15) is 31.4 Å². The molecule has 4 rings (SSSR count). The molecule has 44 heavy (non-hydrogen) atoms. The van der Waals surface area contributed by atoms with Crippen molar-refractivity contribution in [3.05, 3.63) is 60.8 Å². The topological polar surface area (TPSA) is 108 Å². The van der Waals surface area contributed by atoms with Crippen molar-refractivity contribution in [2.45, 2.75) is 54.9 Å². The second-order valence-corrected chi connectivity index (χ2v) is 11.5. The first-order chi connectivity index (χ1) is 21.2. The van der Waals surface area contributed by atoms with Gasteiger partial charge in [-0.1, -0.05) is 18.1 Å². The largest absolute Gasteiger partial charge is 0.495 e. The fourth-order valence-corrected chi connectivity index (χ4v) is 6.28.